The van der Waals surface area contributed by atoms with Gasteiger partial charge in [0.2, 0.25) is 5.78 Å². The highest BCUT2D eigenvalue weighted by Crippen LogP contribution is 2.33. The van der Waals surface area contributed by atoms with Gasteiger partial charge in [0.05, 0.1) is 15.9 Å². The van der Waals surface area contributed by atoms with Crippen LogP contribution in [0.4, 0.5) is 0 Å². The van der Waals surface area contributed by atoms with Crippen molar-refractivity contribution in [2.75, 3.05) is 0 Å². The van der Waals surface area contributed by atoms with E-state index in [1.54, 1.807) is 24.3 Å². The van der Waals surface area contributed by atoms with Gasteiger partial charge < -0.3 is 4.42 Å². The fourth-order valence-electron chi connectivity index (χ4n) is 1.50. The van der Waals surface area contributed by atoms with E-state index >= 15 is 0 Å². The first kappa shape index (κ1) is 13.8. The second kappa shape index (κ2) is 6.04. The molecule has 0 aliphatic rings. The third-order valence-electron chi connectivity index (χ3n) is 2.46. The molecule has 0 bridgehead atoms. The number of ketones is 1. The standard InChI is InChI=1S/C13H9Br2ClO2/c14-11(8-3-5-9(16)6-4-8)12(15)13(17)10-2-1-7-18-10/h1-7,11-12H. The Balaban J connectivity index is 2.16. The average Bonchev–Trinajstić information content (AvgIpc) is 2.91. The molecule has 0 saturated carbocycles. The van der Waals surface area contributed by atoms with Crippen LogP contribution in [0.3, 0.4) is 0 Å². The van der Waals surface area contributed by atoms with E-state index in [9.17, 15) is 4.79 Å². The summed E-state index contributed by atoms with van der Waals surface area (Å²) in [4.78, 5) is 11.5. The maximum absolute atomic E-state index is 12.1. The third kappa shape index (κ3) is 3.05. The van der Waals surface area contributed by atoms with Crippen molar-refractivity contribution in [1.82, 2.24) is 0 Å². The zero-order chi connectivity index (χ0) is 13.1. The van der Waals surface area contributed by atoms with E-state index in [-0.39, 0.29) is 10.6 Å². The van der Waals surface area contributed by atoms with E-state index in [1.165, 1.54) is 6.26 Å². The van der Waals surface area contributed by atoms with Crippen LogP contribution in [0.15, 0.2) is 47.1 Å². The van der Waals surface area contributed by atoms with E-state index in [0.717, 1.165) is 5.56 Å². The maximum Gasteiger partial charge on any atom is 0.213 e. The molecular weight excluding hydrogens is 383 g/mol. The van der Waals surface area contributed by atoms with Gasteiger partial charge >= 0.3 is 0 Å². The van der Waals surface area contributed by atoms with Crippen LogP contribution in [0.2, 0.25) is 5.02 Å². The number of hydrogen-bond donors (Lipinski definition) is 0. The molecule has 2 rings (SSSR count). The van der Waals surface area contributed by atoms with Crippen LogP contribution in [0.1, 0.15) is 20.9 Å². The molecule has 2 atom stereocenters. The zero-order valence-corrected chi connectivity index (χ0v) is 13.1. The van der Waals surface area contributed by atoms with E-state index in [0.29, 0.717) is 10.8 Å². The average molecular weight is 392 g/mol. The van der Waals surface area contributed by atoms with Gasteiger partial charge in [-0.3, -0.25) is 4.79 Å². The number of benzene rings is 1. The SMILES string of the molecule is O=C(c1ccco1)C(Br)C(Br)c1ccc(Cl)cc1. The largest absolute Gasteiger partial charge is 0.461 e. The third-order valence-corrected chi connectivity index (χ3v) is 5.42. The summed E-state index contributed by atoms with van der Waals surface area (Å²) in [5.41, 5.74) is 0.973. The topological polar surface area (TPSA) is 30.2 Å². The van der Waals surface area contributed by atoms with Crippen LogP contribution in [0.25, 0.3) is 0 Å². The second-order valence-electron chi connectivity index (χ2n) is 3.70. The predicted octanol–water partition coefficient (Wildman–Crippen LogP) is 5.02. The van der Waals surface area contributed by atoms with E-state index in [1.807, 2.05) is 12.1 Å². The lowest BCUT2D eigenvalue weighted by molar-refractivity contribution is 0.0964. The van der Waals surface area contributed by atoms with Gasteiger partial charge in [0, 0.05) is 5.02 Å². The van der Waals surface area contributed by atoms with Gasteiger partial charge in [-0.25, -0.2) is 0 Å². The number of alkyl halides is 2. The van der Waals surface area contributed by atoms with Crippen molar-refractivity contribution in [3.8, 4) is 0 Å². The normalized spacial score (nSPS) is 14.2. The van der Waals surface area contributed by atoms with Crippen molar-refractivity contribution in [2.45, 2.75) is 9.65 Å². The van der Waals surface area contributed by atoms with Crippen LogP contribution < -0.4 is 0 Å². The van der Waals surface area contributed by atoms with Crippen molar-refractivity contribution < 1.29 is 9.21 Å². The highest BCUT2D eigenvalue weighted by molar-refractivity contribution is 9.12. The summed E-state index contributed by atoms with van der Waals surface area (Å²) in [7, 11) is 0. The summed E-state index contributed by atoms with van der Waals surface area (Å²) in [6.45, 7) is 0. The molecule has 0 fully saturated rings. The van der Waals surface area contributed by atoms with Gasteiger partial charge in [-0.15, -0.1) is 0 Å². The molecule has 1 aromatic heterocycles. The summed E-state index contributed by atoms with van der Waals surface area (Å²) in [6.07, 6.45) is 1.48. The first-order chi connectivity index (χ1) is 8.59. The Hall–Kier alpha value is -0.580. The van der Waals surface area contributed by atoms with Crippen LogP contribution in [-0.2, 0) is 0 Å². The van der Waals surface area contributed by atoms with Crippen molar-refractivity contribution >= 4 is 49.2 Å². The first-order valence-corrected chi connectivity index (χ1v) is 7.42. The molecule has 0 radical (unpaired) electrons. The smallest absolute Gasteiger partial charge is 0.213 e. The fraction of sp³-hybridized carbons (Fsp3) is 0.154. The Bertz CT molecular complexity index is 522. The number of hydrogen-bond acceptors (Lipinski definition) is 2. The van der Waals surface area contributed by atoms with Crippen molar-refractivity contribution in [1.29, 1.82) is 0 Å². The molecule has 1 aromatic carbocycles. The number of carbonyl (C=O) groups excluding carboxylic acids is 1. The minimum absolute atomic E-state index is 0.100. The summed E-state index contributed by atoms with van der Waals surface area (Å²) in [6, 6.07) is 10.7. The Kier molecular flexibility index (Phi) is 4.65. The molecule has 2 nitrogen and oxygen atoms in total. The Morgan fingerprint density at radius 1 is 1.17 bits per heavy atom. The Morgan fingerprint density at radius 2 is 1.83 bits per heavy atom. The van der Waals surface area contributed by atoms with Crippen LogP contribution in [-0.4, -0.2) is 10.6 Å². The van der Waals surface area contributed by atoms with E-state index < -0.39 is 4.83 Å². The molecule has 0 aliphatic carbocycles. The van der Waals surface area contributed by atoms with Gasteiger partial charge in [-0.1, -0.05) is 55.6 Å². The highest BCUT2D eigenvalue weighted by atomic mass is 79.9. The molecule has 2 unspecified atom stereocenters. The van der Waals surface area contributed by atoms with Gasteiger partial charge in [-0.2, -0.15) is 0 Å². The minimum Gasteiger partial charge on any atom is -0.461 e. The molecule has 18 heavy (non-hydrogen) atoms. The van der Waals surface area contributed by atoms with E-state index in [4.69, 9.17) is 16.0 Å². The van der Waals surface area contributed by atoms with Gasteiger partial charge in [0.25, 0.3) is 0 Å². The van der Waals surface area contributed by atoms with Gasteiger partial charge in [0.1, 0.15) is 0 Å². The van der Waals surface area contributed by atoms with Gasteiger partial charge in [-0.05, 0) is 29.8 Å². The van der Waals surface area contributed by atoms with Crippen molar-refractivity contribution in [3.05, 3.63) is 59.0 Å². The molecule has 5 heteroatoms. The lowest BCUT2D eigenvalue weighted by Gasteiger charge is -2.15. The first-order valence-electron chi connectivity index (χ1n) is 5.21. The summed E-state index contributed by atoms with van der Waals surface area (Å²) in [5.74, 6) is 0.243. The molecule has 0 aliphatic heterocycles. The molecule has 1 heterocycles. The van der Waals surface area contributed by atoms with Crippen molar-refractivity contribution in [2.24, 2.45) is 0 Å². The van der Waals surface area contributed by atoms with Crippen LogP contribution >= 0.6 is 43.5 Å². The lowest BCUT2D eigenvalue weighted by Crippen LogP contribution is -2.18. The molecule has 0 N–H and O–H groups in total. The van der Waals surface area contributed by atoms with E-state index in [2.05, 4.69) is 31.9 Å². The number of carbonyl (C=O) groups is 1. The van der Waals surface area contributed by atoms with Crippen molar-refractivity contribution in [3.63, 3.8) is 0 Å². The number of rotatable bonds is 4. The molecule has 0 saturated heterocycles. The van der Waals surface area contributed by atoms with Gasteiger partial charge in [0.15, 0.2) is 5.76 Å². The summed E-state index contributed by atoms with van der Waals surface area (Å²) in [5, 5.41) is 0.668. The molecule has 2 aromatic rings. The monoisotopic (exact) mass is 390 g/mol. The zero-order valence-electron chi connectivity index (χ0n) is 9.15. The molecule has 0 amide bonds. The Morgan fingerprint density at radius 3 is 2.39 bits per heavy atom. The van der Waals surface area contributed by atoms with Crippen LogP contribution in [0, 0.1) is 0 Å². The number of furan rings is 1. The lowest BCUT2D eigenvalue weighted by atomic mass is 10.1. The highest BCUT2D eigenvalue weighted by Gasteiger charge is 2.27. The molecular formula is C13H9Br2ClO2. The minimum atomic E-state index is -0.398. The maximum atomic E-state index is 12.1. The fourth-order valence-corrected chi connectivity index (χ4v) is 2.71. The quantitative estimate of drug-likeness (QED) is 0.541. The second-order valence-corrected chi connectivity index (χ2v) is 6.11. The predicted molar refractivity (Wildman–Crippen MR) is 78.9 cm³/mol. The number of halogens is 3. The number of Topliss-reactive ketones (excluding diaryl/α,β-unsaturated/α-hetero) is 1. The Labute approximate surface area is 127 Å². The van der Waals surface area contributed by atoms with Crippen LogP contribution in [0.5, 0.6) is 0 Å². The summed E-state index contributed by atoms with van der Waals surface area (Å²) < 4.78 is 5.10. The summed E-state index contributed by atoms with van der Waals surface area (Å²) >= 11 is 12.7. The molecule has 0 spiro atoms. The molecule has 94 valence electrons.